The van der Waals surface area contributed by atoms with Gasteiger partial charge in [0.05, 0.1) is 70.0 Å². The second kappa shape index (κ2) is 14.3. The van der Waals surface area contributed by atoms with Crippen LogP contribution in [0.3, 0.4) is 0 Å². The largest absolute Gasteiger partial charge is 0.396 e. The molecule has 6 N–H and O–H groups in total. The molecule has 0 saturated heterocycles. The van der Waals surface area contributed by atoms with Crippen LogP contribution in [-0.2, 0) is 9.47 Å². The van der Waals surface area contributed by atoms with Gasteiger partial charge in [-0.05, 0) is 20.8 Å². The zero-order valence-corrected chi connectivity index (χ0v) is 13.7. The van der Waals surface area contributed by atoms with E-state index in [1.54, 1.807) is 13.8 Å². The minimum atomic E-state index is -1.11. The third kappa shape index (κ3) is 12.2. The average molecular weight is 328 g/mol. The number of aliphatic hydroxyl groups excluding tert-OH is 6. The molecule has 0 aromatic carbocycles. The van der Waals surface area contributed by atoms with Gasteiger partial charge in [-0.25, -0.2) is 0 Å². The minimum Gasteiger partial charge on any atom is -0.396 e. The van der Waals surface area contributed by atoms with Crippen LogP contribution < -0.4 is 0 Å². The van der Waals surface area contributed by atoms with Crippen molar-refractivity contribution in [3.63, 3.8) is 0 Å². The summed E-state index contributed by atoms with van der Waals surface area (Å²) in [5.41, 5.74) is -1.11. The van der Waals surface area contributed by atoms with Crippen molar-refractivity contribution in [3.05, 3.63) is 0 Å². The molecule has 0 saturated carbocycles. The lowest BCUT2D eigenvalue weighted by atomic mass is 9.93. The molecule has 0 heterocycles. The third-order valence-corrected chi connectivity index (χ3v) is 2.84. The van der Waals surface area contributed by atoms with Crippen molar-refractivity contribution < 1.29 is 40.1 Å². The van der Waals surface area contributed by atoms with E-state index in [-0.39, 0.29) is 18.8 Å². The Hall–Kier alpha value is -0.320. The molecule has 0 aromatic heterocycles. The Morgan fingerprint density at radius 3 is 1.41 bits per heavy atom. The molecule has 0 aliphatic heterocycles. The second-order valence-corrected chi connectivity index (χ2v) is 5.45. The Morgan fingerprint density at radius 1 is 0.727 bits per heavy atom. The predicted octanol–water partition coefficient (Wildman–Crippen LogP) is -1.89. The molecule has 3 unspecified atom stereocenters. The van der Waals surface area contributed by atoms with E-state index in [1.165, 1.54) is 0 Å². The highest BCUT2D eigenvalue weighted by molar-refractivity contribution is 4.74. The highest BCUT2D eigenvalue weighted by Crippen LogP contribution is 2.11. The molecule has 0 bridgehead atoms. The number of aliphatic hydroxyl groups is 6. The molecule has 0 aromatic rings. The van der Waals surface area contributed by atoms with Gasteiger partial charge in [-0.15, -0.1) is 0 Å². The standard InChI is InChI=1S/C9H20O4.C5H12O4/c1-7(11)5-12-9(3)6-13-8(2)4-10;6-1-5(2-7,3-8)4-9/h7-11H,4-6H2,1-3H3;6-9H,1-4H2. The zero-order chi connectivity index (χ0) is 17.6. The van der Waals surface area contributed by atoms with Crippen molar-refractivity contribution in [2.45, 2.75) is 39.1 Å². The SMILES string of the molecule is CC(O)COC(C)COC(C)CO.OCC(CO)(CO)CO. The van der Waals surface area contributed by atoms with Crippen LogP contribution in [0.15, 0.2) is 0 Å². The summed E-state index contributed by atoms with van der Waals surface area (Å²) < 4.78 is 10.5. The Balaban J connectivity index is 0. The van der Waals surface area contributed by atoms with Gasteiger partial charge in [-0.3, -0.25) is 0 Å². The molecule has 0 radical (unpaired) electrons. The number of hydrogen-bond acceptors (Lipinski definition) is 8. The highest BCUT2D eigenvalue weighted by atomic mass is 16.5. The van der Waals surface area contributed by atoms with Gasteiger partial charge in [-0.1, -0.05) is 0 Å². The summed E-state index contributed by atoms with van der Waals surface area (Å²) in [5.74, 6) is 0. The van der Waals surface area contributed by atoms with E-state index in [0.717, 1.165) is 0 Å². The lowest BCUT2D eigenvalue weighted by Gasteiger charge is -2.23. The number of ether oxygens (including phenoxy) is 2. The van der Waals surface area contributed by atoms with Crippen molar-refractivity contribution in [2.24, 2.45) is 5.41 Å². The van der Waals surface area contributed by atoms with E-state index >= 15 is 0 Å². The van der Waals surface area contributed by atoms with Crippen molar-refractivity contribution in [1.82, 2.24) is 0 Å². The van der Waals surface area contributed by atoms with Crippen LogP contribution in [0.4, 0.5) is 0 Å². The van der Waals surface area contributed by atoms with E-state index in [0.29, 0.717) is 13.2 Å². The Kier molecular flexibility index (Phi) is 15.5. The summed E-state index contributed by atoms with van der Waals surface area (Å²) in [6, 6.07) is 0. The maximum atomic E-state index is 8.92. The first kappa shape index (κ1) is 23.9. The Morgan fingerprint density at radius 2 is 1.14 bits per heavy atom. The van der Waals surface area contributed by atoms with Crippen LogP contribution in [-0.4, -0.2) is 95.2 Å². The molecule has 136 valence electrons. The summed E-state index contributed by atoms with van der Waals surface area (Å²) in [6.45, 7) is 4.48. The van der Waals surface area contributed by atoms with Crippen LogP contribution in [0.1, 0.15) is 20.8 Å². The van der Waals surface area contributed by atoms with Gasteiger partial charge in [0.25, 0.3) is 0 Å². The van der Waals surface area contributed by atoms with Crippen molar-refractivity contribution >= 4 is 0 Å². The maximum absolute atomic E-state index is 8.92. The van der Waals surface area contributed by atoms with Crippen LogP contribution in [0.25, 0.3) is 0 Å². The second-order valence-electron chi connectivity index (χ2n) is 5.45. The van der Waals surface area contributed by atoms with Crippen LogP contribution in [0.2, 0.25) is 0 Å². The van der Waals surface area contributed by atoms with Gasteiger partial charge in [0.15, 0.2) is 0 Å². The Bertz CT molecular complexity index is 215. The summed E-state index contributed by atoms with van der Waals surface area (Å²) in [6.07, 6.45) is -0.654. The lowest BCUT2D eigenvalue weighted by Crippen LogP contribution is -2.37. The fraction of sp³-hybridized carbons (Fsp3) is 1.00. The van der Waals surface area contributed by atoms with Gasteiger partial charge < -0.3 is 40.1 Å². The molecule has 0 amide bonds. The van der Waals surface area contributed by atoms with Crippen molar-refractivity contribution in [2.75, 3.05) is 46.2 Å². The monoisotopic (exact) mass is 328 g/mol. The van der Waals surface area contributed by atoms with Crippen LogP contribution >= 0.6 is 0 Å². The molecule has 22 heavy (non-hydrogen) atoms. The summed E-state index contributed by atoms with van der Waals surface area (Å²) in [4.78, 5) is 0. The fourth-order valence-corrected chi connectivity index (χ4v) is 1.00. The molecule has 0 aliphatic carbocycles. The summed E-state index contributed by atoms with van der Waals surface area (Å²) in [7, 11) is 0. The van der Waals surface area contributed by atoms with E-state index in [4.69, 9.17) is 40.1 Å². The van der Waals surface area contributed by atoms with E-state index in [2.05, 4.69) is 0 Å². The van der Waals surface area contributed by atoms with Gasteiger partial charge in [0.1, 0.15) is 0 Å². The predicted molar refractivity (Wildman–Crippen MR) is 80.4 cm³/mol. The third-order valence-electron chi connectivity index (χ3n) is 2.84. The van der Waals surface area contributed by atoms with Gasteiger partial charge in [0, 0.05) is 0 Å². The molecule has 0 rings (SSSR count). The van der Waals surface area contributed by atoms with Gasteiger partial charge in [0.2, 0.25) is 0 Å². The number of hydrogen-bond donors (Lipinski definition) is 6. The highest BCUT2D eigenvalue weighted by Gasteiger charge is 2.26. The van der Waals surface area contributed by atoms with E-state index in [9.17, 15) is 0 Å². The molecular weight excluding hydrogens is 296 g/mol. The smallest absolute Gasteiger partial charge is 0.0781 e. The van der Waals surface area contributed by atoms with Gasteiger partial charge in [-0.2, -0.15) is 0 Å². The first-order valence-electron chi connectivity index (χ1n) is 7.26. The maximum Gasteiger partial charge on any atom is 0.0781 e. The van der Waals surface area contributed by atoms with Gasteiger partial charge >= 0.3 is 0 Å². The molecule has 8 nitrogen and oxygen atoms in total. The molecule has 3 atom stereocenters. The first-order chi connectivity index (χ1) is 10.3. The molecular formula is C14H32O8. The van der Waals surface area contributed by atoms with Crippen molar-refractivity contribution in [1.29, 1.82) is 0 Å². The van der Waals surface area contributed by atoms with Crippen LogP contribution in [0.5, 0.6) is 0 Å². The fourth-order valence-electron chi connectivity index (χ4n) is 1.00. The number of rotatable bonds is 11. The average Bonchev–Trinajstić information content (AvgIpc) is 2.54. The molecule has 0 aliphatic rings. The van der Waals surface area contributed by atoms with E-state index in [1.807, 2.05) is 6.92 Å². The Labute approximate surface area is 131 Å². The first-order valence-corrected chi connectivity index (χ1v) is 7.26. The topological polar surface area (TPSA) is 140 Å². The van der Waals surface area contributed by atoms with E-state index < -0.39 is 37.9 Å². The summed E-state index contributed by atoms with van der Waals surface area (Å²) >= 11 is 0. The normalized spacial score (nSPS) is 15.7. The zero-order valence-electron chi connectivity index (χ0n) is 13.7. The van der Waals surface area contributed by atoms with Crippen molar-refractivity contribution in [3.8, 4) is 0 Å². The molecule has 8 heteroatoms. The minimum absolute atomic E-state index is 0.0170. The summed E-state index contributed by atoms with van der Waals surface area (Å²) in [5, 5.41) is 51.6. The lowest BCUT2D eigenvalue weighted by molar-refractivity contribution is -0.0620. The quantitative estimate of drug-likeness (QED) is 0.259. The molecule has 0 spiro atoms. The molecule has 0 fully saturated rings. The van der Waals surface area contributed by atoms with Crippen LogP contribution in [0, 0.1) is 5.41 Å².